The van der Waals surface area contributed by atoms with Crippen molar-refractivity contribution < 1.29 is 16.8 Å². The molecule has 0 unspecified atom stereocenters. The third-order valence-corrected chi connectivity index (χ3v) is 7.26. The quantitative estimate of drug-likeness (QED) is 0.465. The topological polar surface area (TPSA) is 92.3 Å². The summed E-state index contributed by atoms with van der Waals surface area (Å²) in [7, 11) is -7.84. The molecule has 0 amide bonds. The van der Waals surface area contributed by atoms with Crippen LogP contribution in [0.4, 0.5) is 11.4 Å². The Balaban J connectivity index is 1.83. The van der Waals surface area contributed by atoms with Crippen molar-refractivity contribution in [2.45, 2.75) is 9.79 Å². The lowest BCUT2D eigenvalue weighted by Gasteiger charge is -2.17. The fourth-order valence-corrected chi connectivity index (χ4v) is 5.28. The number of benzene rings is 4. The molecular weight excluding hydrogens is 420 g/mol. The van der Waals surface area contributed by atoms with E-state index in [2.05, 4.69) is 9.44 Å². The van der Waals surface area contributed by atoms with Crippen LogP contribution in [-0.2, 0) is 20.0 Å². The van der Waals surface area contributed by atoms with Gasteiger partial charge in [0.25, 0.3) is 20.0 Å². The number of hydrogen-bond donors (Lipinski definition) is 2. The number of nitrogens with one attached hydrogen (secondary N) is 2. The van der Waals surface area contributed by atoms with Crippen molar-refractivity contribution in [2.24, 2.45) is 0 Å². The average Bonchev–Trinajstić information content (AvgIpc) is 2.76. The molecule has 0 fully saturated rings. The van der Waals surface area contributed by atoms with Gasteiger partial charge in [-0.1, -0.05) is 66.7 Å². The lowest BCUT2D eigenvalue weighted by atomic mass is 10.1. The van der Waals surface area contributed by atoms with Gasteiger partial charge < -0.3 is 0 Å². The van der Waals surface area contributed by atoms with E-state index in [1.54, 1.807) is 60.7 Å². The monoisotopic (exact) mass is 438 g/mol. The minimum Gasteiger partial charge on any atom is -0.277 e. The summed E-state index contributed by atoms with van der Waals surface area (Å²) in [5.74, 6) is 0. The molecule has 0 heterocycles. The maximum absolute atomic E-state index is 12.9. The molecule has 0 aliphatic heterocycles. The number of hydrogen-bond acceptors (Lipinski definition) is 4. The molecule has 6 nitrogen and oxygen atoms in total. The number of sulfonamides is 2. The first-order valence-corrected chi connectivity index (χ1v) is 12.0. The van der Waals surface area contributed by atoms with Crippen LogP contribution in [0.15, 0.2) is 107 Å². The maximum atomic E-state index is 12.9. The van der Waals surface area contributed by atoms with E-state index in [0.29, 0.717) is 5.39 Å². The van der Waals surface area contributed by atoms with Gasteiger partial charge in [-0.25, -0.2) is 16.8 Å². The summed E-state index contributed by atoms with van der Waals surface area (Å²) in [4.78, 5) is 0.157. The normalized spacial score (nSPS) is 11.9. The third-order valence-electron chi connectivity index (χ3n) is 4.52. The largest absolute Gasteiger partial charge is 0.277 e. The van der Waals surface area contributed by atoms with E-state index in [1.807, 2.05) is 12.1 Å². The second-order valence-corrected chi connectivity index (χ2v) is 9.91. The Morgan fingerprint density at radius 3 is 1.60 bits per heavy atom. The molecular formula is C22H18N2O4S2. The molecule has 0 aliphatic rings. The van der Waals surface area contributed by atoms with E-state index in [-0.39, 0.29) is 21.2 Å². The lowest BCUT2D eigenvalue weighted by Crippen LogP contribution is -2.18. The number of rotatable bonds is 6. The highest BCUT2D eigenvalue weighted by Gasteiger charge is 2.21. The van der Waals surface area contributed by atoms with E-state index in [0.717, 1.165) is 5.39 Å². The van der Waals surface area contributed by atoms with Crippen LogP contribution in [0.25, 0.3) is 10.8 Å². The highest BCUT2D eigenvalue weighted by atomic mass is 32.2. The van der Waals surface area contributed by atoms with Gasteiger partial charge in [-0.05, 0) is 35.7 Å². The third kappa shape index (κ3) is 4.00. The van der Waals surface area contributed by atoms with Gasteiger partial charge >= 0.3 is 0 Å². The molecule has 2 N–H and O–H groups in total. The van der Waals surface area contributed by atoms with Gasteiger partial charge in [0.15, 0.2) is 0 Å². The van der Waals surface area contributed by atoms with Crippen LogP contribution in [0.5, 0.6) is 0 Å². The van der Waals surface area contributed by atoms with Gasteiger partial charge in [0.1, 0.15) is 0 Å². The van der Waals surface area contributed by atoms with Crippen LogP contribution in [0.2, 0.25) is 0 Å². The lowest BCUT2D eigenvalue weighted by molar-refractivity contribution is 0.599. The Labute approximate surface area is 175 Å². The van der Waals surface area contributed by atoms with Crippen LogP contribution in [-0.4, -0.2) is 16.8 Å². The van der Waals surface area contributed by atoms with Gasteiger partial charge in [0.2, 0.25) is 0 Å². The van der Waals surface area contributed by atoms with Crippen LogP contribution in [0.3, 0.4) is 0 Å². The zero-order valence-corrected chi connectivity index (χ0v) is 17.3. The summed E-state index contributed by atoms with van der Waals surface area (Å²) in [5, 5.41) is 1.34. The van der Waals surface area contributed by atoms with Gasteiger partial charge in [0, 0.05) is 5.39 Å². The predicted molar refractivity (Wildman–Crippen MR) is 118 cm³/mol. The fraction of sp³-hybridized carbons (Fsp3) is 0. The van der Waals surface area contributed by atoms with E-state index < -0.39 is 20.0 Å². The van der Waals surface area contributed by atoms with Crippen LogP contribution in [0.1, 0.15) is 0 Å². The van der Waals surface area contributed by atoms with Crippen LogP contribution < -0.4 is 9.44 Å². The van der Waals surface area contributed by atoms with E-state index in [4.69, 9.17) is 0 Å². The minimum atomic E-state index is -3.93. The molecule has 0 aliphatic carbocycles. The summed E-state index contributed by atoms with van der Waals surface area (Å²) < 4.78 is 56.6. The Morgan fingerprint density at radius 2 is 1.00 bits per heavy atom. The molecule has 4 rings (SSSR count). The zero-order valence-electron chi connectivity index (χ0n) is 15.7. The van der Waals surface area contributed by atoms with Crippen molar-refractivity contribution in [1.29, 1.82) is 0 Å². The molecule has 0 spiro atoms. The minimum absolute atomic E-state index is 0.0785. The second kappa shape index (κ2) is 7.81. The molecule has 152 valence electrons. The summed E-state index contributed by atoms with van der Waals surface area (Å²) in [5.41, 5.74) is 0.300. The highest BCUT2D eigenvalue weighted by molar-refractivity contribution is 7.93. The summed E-state index contributed by atoms with van der Waals surface area (Å²) in [6.45, 7) is 0. The molecule has 4 aromatic carbocycles. The first-order chi connectivity index (χ1) is 14.4. The van der Waals surface area contributed by atoms with Crippen LogP contribution in [0, 0.1) is 0 Å². The van der Waals surface area contributed by atoms with Crippen molar-refractivity contribution in [3.8, 4) is 0 Å². The Morgan fingerprint density at radius 1 is 0.500 bits per heavy atom. The van der Waals surface area contributed by atoms with Crippen molar-refractivity contribution >= 4 is 42.2 Å². The van der Waals surface area contributed by atoms with Gasteiger partial charge in [-0.3, -0.25) is 9.44 Å². The highest BCUT2D eigenvalue weighted by Crippen LogP contribution is 2.34. The molecule has 30 heavy (non-hydrogen) atoms. The Bertz CT molecular complexity index is 1400. The molecule has 8 heteroatoms. The molecule has 0 bridgehead atoms. The molecule has 0 radical (unpaired) electrons. The summed E-state index contributed by atoms with van der Waals surface area (Å²) in [6, 6.07) is 26.2. The standard InChI is InChI=1S/C22H18N2O4S2/c25-29(26,18-10-3-1-4-11-18)23-21-16-15-17-9-7-8-14-20(17)22(21)24-30(27,28)19-12-5-2-6-13-19/h1-16,23-24H. The van der Waals surface area contributed by atoms with Gasteiger partial charge in [-0.15, -0.1) is 0 Å². The molecule has 4 aromatic rings. The van der Waals surface area contributed by atoms with Crippen molar-refractivity contribution in [1.82, 2.24) is 0 Å². The van der Waals surface area contributed by atoms with Gasteiger partial charge in [-0.2, -0.15) is 0 Å². The smallest absolute Gasteiger partial charge is 0.261 e. The van der Waals surface area contributed by atoms with E-state index in [1.165, 1.54) is 24.3 Å². The van der Waals surface area contributed by atoms with Crippen molar-refractivity contribution in [3.05, 3.63) is 97.1 Å². The van der Waals surface area contributed by atoms with E-state index >= 15 is 0 Å². The first kappa shape index (κ1) is 19.9. The summed E-state index contributed by atoms with van der Waals surface area (Å²) >= 11 is 0. The fourth-order valence-electron chi connectivity index (χ4n) is 3.06. The van der Waals surface area contributed by atoms with E-state index in [9.17, 15) is 16.8 Å². The number of anilines is 2. The number of fused-ring (bicyclic) bond motifs is 1. The maximum Gasteiger partial charge on any atom is 0.261 e. The zero-order chi connectivity index (χ0) is 21.2. The Hall–Kier alpha value is -3.36. The van der Waals surface area contributed by atoms with Gasteiger partial charge in [0.05, 0.1) is 21.2 Å². The molecule has 0 atom stereocenters. The molecule has 0 saturated heterocycles. The molecule has 0 saturated carbocycles. The Kier molecular flexibility index (Phi) is 5.19. The van der Waals surface area contributed by atoms with Crippen molar-refractivity contribution in [3.63, 3.8) is 0 Å². The predicted octanol–water partition coefficient (Wildman–Crippen LogP) is 4.44. The summed E-state index contributed by atoms with van der Waals surface area (Å²) in [6.07, 6.45) is 0. The SMILES string of the molecule is O=S(=O)(Nc1ccc2ccccc2c1NS(=O)(=O)c1ccccc1)c1ccccc1. The first-order valence-electron chi connectivity index (χ1n) is 9.04. The second-order valence-electron chi connectivity index (χ2n) is 6.55. The van der Waals surface area contributed by atoms with Crippen molar-refractivity contribution in [2.75, 3.05) is 9.44 Å². The van der Waals surface area contributed by atoms with Crippen LogP contribution >= 0.6 is 0 Å². The average molecular weight is 439 g/mol. The molecule has 0 aromatic heterocycles.